The van der Waals surface area contributed by atoms with Crippen LogP contribution >= 0.6 is 0 Å². The molecule has 0 fully saturated rings. The van der Waals surface area contributed by atoms with E-state index in [1.807, 2.05) is 0 Å². The lowest BCUT2D eigenvalue weighted by Crippen LogP contribution is -2.33. The number of hydrogen-bond acceptors (Lipinski definition) is 4. The second-order valence-electron chi connectivity index (χ2n) is 5.04. The Morgan fingerprint density at radius 2 is 2.05 bits per heavy atom. The summed E-state index contributed by atoms with van der Waals surface area (Å²) >= 11 is 0. The van der Waals surface area contributed by atoms with Gasteiger partial charge in [0.1, 0.15) is 13.2 Å². The number of nitrogens with zero attached hydrogens (tertiary/aromatic N) is 1. The molecule has 0 bridgehead atoms. The molecule has 1 aliphatic rings. The third-order valence-electron chi connectivity index (χ3n) is 2.80. The van der Waals surface area contributed by atoms with Crippen LogP contribution in [0.2, 0.25) is 0 Å². The van der Waals surface area contributed by atoms with Gasteiger partial charge in [-0.05, 0) is 32.0 Å². The number of amides is 1. The zero-order chi connectivity index (χ0) is 13.9. The number of nitriles is 1. The van der Waals surface area contributed by atoms with Gasteiger partial charge in [0.2, 0.25) is 0 Å². The van der Waals surface area contributed by atoms with Gasteiger partial charge in [0.05, 0.1) is 11.5 Å². The van der Waals surface area contributed by atoms with Gasteiger partial charge in [-0.3, -0.25) is 4.79 Å². The normalized spacial score (nSPS) is 13.5. The van der Waals surface area contributed by atoms with Crippen molar-refractivity contribution in [3.63, 3.8) is 0 Å². The average molecular weight is 260 g/mol. The quantitative estimate of drug-likeness (QED) is 0.898. The Hall–Kier alpha value is -2.22. The maximum Gasteiger partial charge on any atom is 0.251 e. The standard InChI is InChI=1S/C14H16N2O3/c1-14(2,8-15)9-16-13(17)10-3-4-11-12(7-10)19-6-5-18-11/h3-4,7H,5-6,9H2,1-2H3,(H,16,17). The molecule has 0 aliphatic carbocycles. The highest BCUT2D eigenvalue weighted by molar-refractivity contribution is 5.94. The minimum atomic E-state index is -0.580. The first kappa shape index (κ1) is 13.2. The molecule has 1 heterocycles. The van der Waals surface area contributed by atoms with E-state index in [2.05, 4.69) is 11.4 Å². The molecule has 0 aromatic heterocycles. The van der Waals surface area contributed by atoms with Crippen LogP contribution in [0.1, 0.15) is 24.2 Å². The number of ether oxygens (including phenoxy) is 2. The second-order valence-corrected chi connectivity index (χ2v) is 5.04. The number of benzene rings is 1. The van der Waals surface area contributed by atoms with Crippen LogP contribution in [-0.2, 0) is 0 Å². The van der Waals surface area contributed by atoms with Gasteiger partial charge in [-0.1, -0.05) is 0 Å². The van der Waals surface area contributed by atoms with Gasteiger partial charge in [0, 0.05) is 12.1 Å². The van der Waals surface area contributed by atoms with Gasteiger partial charge in [-0.2, -0.15) is 5.26 Å². The molecule has 1 aromatic carbocycles. The van der Waals surface area contributed by atoms with Crippen molar-refractivity contribution in [2.75, 3.05) is 19.8 Å². The summed E-state index contributed by atoms with van der Waals surface area (Å²) in [5.41, 5.74) is -0.0817. The fraction of sp³-hybridized carbons (Fsp3) is 0.429. The van der Waals surface area contributed by atoms with Crippen LogP contribution in [0.5, 0.6) is 11.5 Å². The van der Waals surface area contributed by atoms with Crippen molar-refractivity contribution in [1.29, 1.82) is 5.26 Å². The van der Waals surface area contributed by atoms with E-state index < -0.39 is 5.41 Å². The molecule has 0 spiro atoms. The summed E-state index contributed by atoms with van der Waals surface area (Å²) in [5, 5.41) is 11.6. The molecule has 1 N–H and O–H groups in total. The number of rotatable bonds is 3. The molecule has 1 aliphatic heterocycles. The molecular weight excluding hydrogens is 244 g/mol. The van der Waals surface area contributed by atoms with Crippen LogP contribution in [0.4, 0.5) is 0 Å². The fourth-order valence-corrected chi connectivity index (χ4v) is 1.63. The number of carbonyl (C=O) groups is 1. The van der Waals surface area contributed by atoms with E-state index in [0.717, 1.165) is 0 Å². The van der Waals surface area contributed by atoms with Gasteiger partial charge in [-0.25, -0.2) is 0 Å². The number of hydrogen-bond donors (Lipinski definition) is 1. The Balaban J connectivity index is 2.06. The summed E-state index contributed by atoms with van der Waals surface area (Å²) in [6, 6.07) is 7.20. The van der Waals surface area contributed by atoms with Gasteiger partial charge in [0.25, 0.3) is 5.91 Å². The maximum atomic E-state index is 12.0. The average Bonchev–Trinajstić information content (AvgIpc) is 2.44. The molecule has 100 valence electrons. The lowest BCUT2D eigenvalue weighted by Gasteiger charge is -2.19. The first-order valence-electron chi connectivity index (χ1n) is 6.11. The van der Waals surface area contributed by atoms with Gasteiger partial charge >= 0.3 is 0 Å². The zero-order valence-electron chi connectivity index (χ0n) is 11.0. The number of carbonyl (C=O) groups excluding carboxylic acids is 1. The summed E-state index contributed by atoms with van der Waals surface area (Å²) < 4.78 is 10.8. The summed E-state index contributed by atoms with van der Waals surface area (Å²) in [4.78, 5) is 12.0. The molecule has 0 saturated carbocycles. The third kappa shape index (κ3) is 3.16. The van der Waals surface area contributed by atoms with Crippen LogP contribution in [0.3, 0.4) is 0 Å². The monoisotopic (exact) mass is 260 g/mol. The molecule has 0 atom stereocenters. The minimum Gasteiger partial charge on any atom is -0.486 e. The van der Waals surface area contributed by atoms with E-state index in [4.69, 9.17) is 14.7 Å². The molecule has 5 heteroatoms. The smallest absolute Gasteiger partial charge is 0.251 e. The van der Waals surface area contributed by atoms with Crippen LogP contribution in [0.25, 0.3) is 0 Å². The van der Waals surface area contributed by atoms with Crippen molar-refractivity contribution < 1.29 is 14.3 Å². The van der Waals surface area contributed by atoms with E-state index >= 15 is 0 Å². The van der Waals surface area contributed by atoms with Crippen molar-refractivity contribution in [2.24, 2.45) is 5.41 Å². The van der Waals surface area contributed by atoms with Crippen molar-refractivity contribution >= 4 is 5.91 Å². The first-order chi connectivity index (χ1) is 9.02. The highest BCUT2D eigenvalue weighted by atomic mass is 16.6. The van der Waals surface area contributed by atoms with Crippen molar-refractivity contribution in [1.82, 2.24) is 5.32 Å². The third-order valence-corrected chi connectivity index (χ3v) is 2.80. The van der Waals surface area contributed by atoms with Crippen LogP contribution in [0.15, 0.2) is 18.2 Å². The Bertz CT molecular complexity index is 532. The lowest BCUT2D eigenvalue weighted by molar-refractivity contribution is 0.0942. The highest BCUT2D eigenvalue weighted by Gasteiger charge is 2.19. The molecule has 1 amide bonds. The summed E-state index contributed by atoms with van der Waals surface area (Å²) in [5.74, 6) is 1.01. The van der Waals surface area contributed by atoms with Crippen molar-refractivity contribution in [3.05, 3.63) is 23.8 Å². The van der Waals surface area contributed by atoms with E-state index in [0.29, 0.717) is 36.8 Å². The maximum absolute atomic E-state index is 12.0. The summed E-state index contributed by atoms with van der Waals surface area (Å²) in [6.45, 7) is 4.86. The molecule has 0 saturated heterocycles. The molecule has 0 radical (unpaired) electrons. The largest absolute Gasteiger partial charge is 0.486 e. The molecule has 19 heavy (non-hydrogen) atoms. The van der Waals surface area contributed by atoms with E-state index in [9.17, 15) is 4.79 Å². The predicted molar refractivity (Wildman–Crippen MR) is 69.2 cm³/mol. The van der Waals surface area contributed by atoms with Gasteiger partial charge in [-0.15, -0.1) is 0 Å². The number of fused-ring (bicyclic) bond motifs is 1. The summed E-state index contributed by atoms with van der Waals surface area (Å²) in [6.07, 6.45) is 0. The van der Waals surface area contributed by atoms with E-state index in [1.165, 1.54) is 0 Å². The molecule has 2 rings (SSSR count). The Morgan fingerprint density at radius 1 is 1.37 bits per heavy atom. The van der Waals surface area contributed by atoms with Crippen molar-refractivity contribution in [2.45, 2.75) is 13.8 Å². The van der Waals surface area contributed by atoms with Crippen LogP contribution < -0.4 is 14.8 Å². The van der Waals surface area contributed by atoms with Gasteiger partial charge in [0.15, 0.2) is 11.5 Å². The molecule has 0 unspecified atom stereocenters. The van der Waals surface area contributed by atoms with Gasteiger partial charge < -0.3 is 14.8 Å². The van der Waals surface area contributed by atoms with E-state index in [-0.39, 0.29) is 5.91 Å². The highest BCUT2D eigenvalue weighted by Crippen LogP contribution is 2.30. The topological polar surface area (TPSA) is 71.4 Å². The van der Waals surface area contributed by atoms with Crippen LogP contribution in [0, 0.1) is 16.7 Å². The SMILES string of the molecule is CC(C)(C#N)CNC(=O)c1ccc2c(c1)OCCO2. The Kier molecular flexibility index (Phi) is 3.61. The predicted octanol–water partition coefficient (Wildman–Crippen LogP) is 1.74. The Morgan fingerprint density at radius 3 is 2.74 bits per heavy atom. The Labute approximate surface area is 112 Å². The zero-order valence-corrected chi connectivity index (χ0v) is 11.0. The van der Waals surface area contributed by atoms with E-state index in [1.54, 1.807) is 32.0 Å². The first-order valence-corrected chi connectivity index (χ1v) is 6.11. The molecular formula is C14H16N2O3. The minimum absolute atomic E-state index is 0.222. The molecule has 5 nitrogen and oxygen atoms in total. The fourth-order valence-electron chi connectivity index (χ4n) is 1.63. The number of nitrogens with one attached hydrogen (secondary N) is 1. The summed E-state index contributed by atoms with van der Waals surface area (Å²) in [7, 11) is 0. The van der Waals surface area contributed by atoms with Crippen LogP contribution in [-0.4, -0.2) is 25.7 Å². The molecule has 1 aromatic rings. The lowest BCUT2D eigenvalue weighted by atomic mass is 9.96. The van der Waals surface area contributed by atoms with Crippen molar-refractivity contribution in [3.8, 4) is 17.6 Å². The second kappa shape index (κ2) is 5.19.